The first kappa shape index (κ1) is 15.9. The van der Waals surface area contributed by atoms with Crippen molar-refractivity contribution in [1.82, 2.24) is 4.31 Å². The molecule has 0 bridgehead atoms. The summed E-state index contributed by atoms with van der Waals surface area (Å²) in [5.74, 6) is -1.17. The van der Waals surface area contributed by atoms with Crippen LogP contribution in [0, 0.1) is 6.92 Å². The molecule has 1 N–H and O–H groups in total. The molecular weight excluding hydrogens is 334 g/mol. The highest BCUT2D eigenvalue weighted by molar-refractivity contribution is 9.10. The number of carbonyl (C=O) groups is 1. The van der Waals surface area contributed by atoms with Gasteiger partial charge in [0.2, 0.25) is 10.0 Å². The summed E-state index contributed by atoms with van der Waals surface area (Å²) in [6.45, 7) is 5.23. The maximum atomic E-state index is 12.2. The molecule has 0 aliphatic rings. The Morgan fingerprint density at radius 3 is 2.58 bits per heavy atom. The minimum Gasteiger partial charge on any atom is -0.478 e. The number of carboxylic acid groups (broad SMARTS) is 1. The maximum Gasteiger partial charge on any atom is 0.336 e. The fraction of sp³-hybridized carbons (Fsp3) is 0.250. The van der Waals surface area contributed by atoms with Crippen LogP contribution in [0.5, 0.6) is 0 Å². The molecule has 7 heteroatoms. The molecule has 104 valence electrons. The SMILES string of the molecule is C=CCN(C)S(=O)(=O)c1cc(Br)c(C)c(C(=O)O)c1. The van der Waals surface area contributed by atoms with Gasteiger partial charge in [0.1, 0.15) is 0 Å². The number of hydrogen-bond donors (Lipinski definition) is 1. The summed E-state index contributed by atoms with van der Waals surface area (Å²) in [5, 5.41) is 9.08. The van der Waals surface area contributed by atoms with E-state index >= 15 is 0 Å². The molecular formula is C12H14BrNO4S. The van der Waals surface area contributed by atoms with Crippen LogP contribution in [0.2, 0.25) is 0 Å². The standard InChI is InChI=1S/C12H14BrNO4S/c1-4-5-14(3)19(17,18)9-6-10(12(15)16)8(2)11(13)7-9/h4,6-7H,1,5H2,2-3H3,(H,15,16). The third kappa shape index (κ3) is 3.23. The lowest BCUT2D eigenvalue weighted by Crippen LogP contribution is -2.27. The molecule has 0 aliphatic carbocycles. The van der Waals surface area contributed by atoms with Crippen molar-refractivity contribution in [2.75, 3.05) is 13.6 Å². The molecule has 0 heterocycles. The van der Waals surface area contributed by atoms with E-state index in [9.17, 15) is 13.2 Å². The van der Waals surface area contributed by atoms with Gasteiger partial charge >= 0.3 is 5.97 Å². The average Bonchev–Trinajstić information content (AvgIpc) is 2.32. The zero-order valence-corrected chi connectivity index (χ0v) is 13.0. The number of hydrogen-bond acceptors (Lipinski definition) is 3. The van der Waals surface area contributed by atoms with Gasteiger partial charge in [0.05, 0.1) is 10.5 Å². The molecule has 0 spiro atoms. The predicted molar refractivity (Wildman–Crippen MR) is 75.9 cm³/mol. The molecule has 0 saturated heterocycles. The molecule has 19 heavy (non-hydrogen) atoms. The Balaban J connectivity index is 3.44. The van der Waals surface area contributed by atoms with Crippen molar-refractivity contribution in [2.45, 2.75) is 11.8 Å². The van der Waals surface area contributed by atoms with Crippen molar-refractivity contribution in [3.8, 4) is 0 Å². The molecule has 0 amide bonds. The largest absolute Gasteiger partial charge is 0.478 e. The number of likely N-dealkylation sites (N-methyl/N-ethyl adjacent to an activating group) is 1. The van der Waals surface area contributed by atoms with Crippen molar-refractivity contribution in [1.29, 1.82) is 0 Å². The van der Waals surface area contributed by atoms with Crippen LogP contribution in [-0.2, 0) is 10.0 Å². The molecule has 1 aromatic carbocycles. The Hall–Kier alpha value is -1.18. The van der Waals surface area contributed by atoms with Gasteiger partial charge in [-0.1, -0.05) is 22.0 Å². The van der Waals surface area contributed by atoms with Crippen LogP contribution in [0.3, 0.4) is 0 Å². The average molecular weight is 348 g/mol. The molecule has 0 aliphatic heterocycles. The van der Waals surface area contributed by atoms with E-state index in [2.05, 4.69) is 22.5 Å². The fourth-order valence-electron chi connectivity index (χ4n) is 1.48. The lowest BCUT2D eigenvalue weighted by Gasteiger charge is -2.16. The van der Waals surface area contributed by atoms with Gasteiger partial charge in [0.15, 0.2) is 0 Å². The predicted octanol–water partition coefficient (Wildman–Crippen LogP) is 2.26. The number of nitrogens with zero attached hydrogens (tertiary/aromatic N) is 1. The Morgan fingerprint density at radius 2 is 2.11 bits per heavy atom. The highest BCUT2D eigenvalue weighted by Gasteiger charge is 2.23. The molecule has 0 aromatic heterocycles. The van der Waals surface area contributed by atoms with Crippen molar-refractivity contribution < 1.29 is 18.3 Å². The van der Waals surface area contributed by atoms with Gasteiger partial charge in [-0.25, -0.2) is 13.2 Å². The normalized spacial score (nSPS) is 11.6. The van der Waals surface area contributed by atoms with E-state index in [1.165, 1.54) is 19.2 Å². The van der Waals surface area contributed by atoms with Gasteiger partial charge in [-0.05, 0) is 24.6 Å². The number of sulfonamides is 1. The molecule has 0 fully saturated rings. The monoisotopic (exact) mass is 347 g/mol. The van der Waals surface area contributed by atoms with Gasteiger partial charge < -0.3 is 5.11 Å². The van der Waals surface area contributed by atoms with E-state index in [1.54, 1.807) is 6.92 Å². The summed E-state index contributed by atoms with van der Waals surface area (Å²) in [7, 11) is -2.32. The summed E-state index contributed by atoms with van der Waals surface area (Å²) in [4.78, 5) is 11.0. The quantitative estimate of drug-likeness (QED) is 0.829. The van der Waals surface area contributed by atoms with Gasteiger partial charge in [-0.2, -0.15) is 4.31 Å². The Kier molecular flexibility index (Phi) is 4.89. The molecule has 5 nitrogen and oxygen atoms in total. The van der Waals surface area contributed by atoms with Crippen LogP contribution in [0.15, 0.2) is 34.2 Å². The first-order valence-corrected chi connectivity index (χ1v) is 7.55. The molecule has 1 aromatic rings. The molecule has 0 atom stereocenters. The summed E-state index contributed by atoms with van der Waals surface area (Å²) >= 11 is 3.18. The summed E-state index contributed by atoms with van der Waals surface area (Å²) in [5.41, 5.74) is 0.442. The van der Waals surface area contributed by atoms with Crippen LogP contribution < -0.4 is 0 Å². The zero-order chi connectivity index (χ0) is 14.8. The lowest BCUT2D eigenvalue weighted by molar-refractivity contribution is 0.0695. The minimum absolute atomic E-state index is 0.0417. The van der Waals surface area contributed by atoms with Gasteiger partial charge in [-0.15, -0.1) is 6.58 Å². The second kappa shape index (κ2) is 5.85. The van der Waals surface area contributed by atoms with Gasteiger partial charge in [0.25, 0.3) is 0 Å². The second-order valence-electron chi connectivity index (χ2n) is 3.96. The lowest BCUT2D eigenvalue weighted by atomic mass is 10.1. The van der Waals surface area contributed by atoms with Crippen LogP contribution in [0.1, 0.15) is 15.9 Å². The van der Waals surface area contributed by atoms with Gasteiger partial charge in [0, 0.05) is 18.1 Å². The van der Waals surface area contributed by atoms with Gasteiger partial charge in [-0.3, -0.25) is 0 Å². The second-order valence-corrected chi connectivity index (χ2v) is 6.86. The van der Waals surface area contributed by atoms with E-state index in [1.807, 2.05) is 0 Å². The summed E-state index contributed by atoms with van der Waals surface area (Å²) < 4.78 is 26.0. The first-order valence-electron chi connectivity index (χ1n) is 5.32. The van der Waals surface area contributed by atoms with E-state index in [0.29, 0.717) is 10.0 Å². The zero-order valence-electron chi connectivity index (χ0n) is 10.6. The summed E-state index contributed by atoms with van der Waals surface area (Å²) in [6.07, 6.45) is 1.46. The fourth-order valence-corrected chi connectivity index (χ4v) is 3.29. The highest BCUT2D eigenvalue weighted by atomic mass is 79.9. The van der Waals surface area contributed by atoms with E-state index in [4.69, 9.17) is 5.11 Å². The number of rotatable bonds is 5. The topological polar surface area (TPSA) is 74.7 Å². The van der Waals surface area contributed by atoms with E-state index < -0.39 is 16.0 Å². The van der Waals surface area contributed by atoms with E-state index in [0.717, 1.165) is 10.4 Å². The maximum absolute atomic E-state index is 12.2. The van der Waals surface area contributed by atoms with E-state index in [-0.39, 0.29) is 17.0 Å². The highest BCUT2D eigenvalue weighted by Crippen LogP contribution is 2.26. The van der Waals surface area contributed by atoms with Crippen molar-refractivity contribution in [3.05, 3.63) is 40.4 Å². The molecule has 1 rings (SSSR count). The number of halogens is 1. The third-order valence-electron chi connectivity index (χ3n) is 2.64. The van der Waals surface area contributed by atoms with Crippen LogP contribution >= 0.6 is 15.9 Å². The Morgan fingerprint density at radius 1 is 1.53 bits per heavy atom. The number of carboxylic acids is 1. The van der Waals surface area contributed by atoms with Crippen molar-refractivity contribution in [3.63, 3.8) is 0 Å². The molecule has 0 unspecified atom stereocenters. The number of aromatic carboxylic acids is 1. The van der Waals surface area contributed by atoms with Crippen molar-refractivity contribution in [2.24, 2.45) is 0 Å². The molecule has 0 saturated carbocycles. The Bertz CT molecular complexity index is 625. The Labute approximate surface area is 120 Å². The van der Waals surface area contributed by atoms with Crippen LogP contribution in [0.25, 0.3) is 0 Å². The number of benzene rings is 1. The van der Waals surface area contributed by atoms with Crippen molar-refractivity contribution >= 4 is 31.9 Å². The minimum atomic E-state index is -3.73. The summed E-state index contributed by atoms with van der Waals surface area (Å²) in [6, 6.07) is 2.56. The van der Waals surface area contributed by atoms with Crippen LogP contribution in [0.4, 0.5) is 0 Å². The first-order chi connectivity index (χ1) is 8.71. The smallest absolute Gasteiger partial charge is 0.336 e. The third-order valence-corrected chi connectivity index (χ3v) is 5.27. The van der Waals surface area contributed by atoms with Crippen LogP contribution in [-0.4, -0.2) is 37.4 Å². The molecule has 0 radical (unpaired) electrons.